The molecular formula is C22H30N8O3S. The molecule has 0 bridgehead atoms. The van der Waals surface area contributed by atoms with Crippen LogP contribution in [0.3, 0.4) is 0 Å². The molecule has 0 spiro atoms. The molecule has 11 nitrogen and oxygen atoms in total. The smallest absolute Gasteiger partial charge is 0.238 e. The Morgan fingerprint density at radius 1 is 1.18 bits per heavy atom. The lowest BCUT2D eigenvalue weighted by molar-refractivity contribution is -0.117. The molecule has 2 N–H and O–H groups in total. The molecule has 0 radical (unpaired) electrons. The normalized spacial score (nSPS) is 19.4. The summed E-state index contributed by atoms with van der Waals surface area (Å²) in [7, 11) is -1.48. The van der Waals surface area contributed by atoms with Crippen LogP contribution in [0.15, 0.2) is 36.9 Å². The molecule has 2 unspecified atom stereocenters. The van der Waals surface area contributed by atoms with Gasteiger partial charge in [0, 0.05) is 37.9 Å². The average Bonchev–Trinajstić information content (AvgIpc) is 3.13. The predicted octanol–water partition coefficient (Wildman–Crippen LogP) is 1.66. The SMILES string of the molecule is CCC1CN(CC(=O)Nc2cccc(NS(C)(=O)=O)c2)CC(C)N1c1ncnc2c1ncn2C. The minimum atomic E-state index is -3.39. The van der Waals surface area contributed by atoms with Crippen LogP contribution in [0.1, 0.15) is 20.3 Å². The van der Waals surface area contributed by atoms with E-state index in [0.717, 1.165) is 29.7 Å². The molecule has 1 aromatic carbocycles. The van der Waals surface area contributed by atoms with Crippen LogP contribution in [0.25, 0.3) is 11.2 Å². The molecular weight excluding hydrogens is 456 g/mol. The van der Waals surface area contributed by atoms with Gasteiger partial charge in [-0.05, 0) is 31.5 Å². The van der Waals surface area contributed by atoms with E-state index in [2.05, 4.69) is 48.6 Å². The number of anilines is 3. The molecule has 1 aliphatic rings. The molecule has 0 aliphatic carbocycles. The number of hydrogen-bond acceptors (Lipinski definition) is 8. The van der Waals surface area contributed by atoms with Crippen LogP contribution in [0.5, 0.6) is 0 Å². The lowest BCUT2D eigenvalue weighted by Gasteiger charge is -2.46. The maximum Gasteiger partial charge on any atom is 0.238 e. The Kier molecular flexibility index (Phi) is 6.71. The number of amides is 1. The molecule has 1 fully saturated rings. The summed E-state index contributed by atoms with van der Waals surface area (Å²) in [6.07, 6.45) is 5.30. The number of imidazole rings is 1. The van der Waals surface area contributed by atoms with Crippen LogP contribution in [0.2, 0.25) is 0 Å². The summed E-state index contributed by atoms with van der Waals surface area (Å²) in [5, 5.41) is 2.87. The van der Waals surface area contributed by atoms with Gasteiger partial charge in [0.05, 0.1) is 24.8 Å². The first-order chi connectivity index (χ1) is 16.1. The van der Waals surface area contributed by atoms with E-state index in [0.29, 0.717) is 24.5 Å². The summed E-state index contributed by atoms with van der Waals surface area (Å²) in [5.41, 5.74) is 2.51. The lowest BCUT2D eigenvalue weighted by Crippen LogP contribution is -2.59. The molecule has 3 aromatic rings. The van der Waals surface area contributed by atoms with E-state index >= 15 is 0 Å². The summed E-state index contributed by atoms with van der Waals surface area (Å²) in [6, 6.07) is 6.94. The van der Waals surface area contributed by atoms with Crippen molar-refractivity contribution in [2.75, 3.05) is 40.8 Å². The topological polar surface area (TPSA) is 125 Å². The Bertz CT molecular complexity index is 1290. The maximum atomic E-state index is 12.8. The summed E-state index contributed by atoms with van der Waals surface area (Å²) >= 11 is 0. The number of carbonyl (C=O) groups is 1. The van der Waals surface area contributed by atoms with Crippen LogP contribution in [0.4, 0.5) is 17.2 Å². The Balaban J connectivity index is 1.44. The van der Waals surface area contributed by atoms with E-state index in [1.54, 1.807) is 36.9 Å². The van der Waals surface area contributed by atoms with Gasteiger partial charge in [-0.15, -0.1) is 0 Å². The van der Waals surface area contributed by atoms with Crippen molar-refractivity contribution in [1.29, 1.82) is 0 Å². The van der Waals surface area contributed by atoms with Crippen molar-refractivity contribution in [3.8, 4) is 0 Å². The van der Waals surface area contributed by atoms with Gasteiger partial charge in [-0.1, -0.05) is 13.0 Å². The van der Waals surface area contributed by atoms with Crippen LogP contribution < -0.4 is 14.9 Å². The summed E-state index contributed by atoms with van der Waals surface area (Å²) in [4.78, 5) is 30.6. The van der Waals surface area contributed by atoms with Gasteiger partial charge in [0.2, 0.25) is 15.9 Å². The Hall–Kier alpha value is -3.25. The highest BCUT2D eigenvalue weighted by Crippen LogP contribution is 2.29. The van der Waals surface area contributed by atoms with E-state index < -0.39 is 10.0 Å². The third-order valence-electron chi connectivity index (χ3n) is 5.87. The third-order valence-corrected chi connectivity index (χ3v) is 6.48. The van der Waals surface area contributed by atoms with E-state index in [1.807, 2.05) is 11.6 Å². The number of piperazine rings is 1. The molecule has 3 heterocycles. The van der Waals surface area contributed by atoms with Crippen LogP contribution in [-0.4, -0.2) is 76.7 Å². The highest BCUT2D eigenvalue weighted by atomic mass is 32.2. The first kappa shape index (κ1) is 23.9. The highest BCUT2D eigenvalue weighted by Gasteiger charge is 2.34. The second-order valence-corrected chi connectivity index (χ2v) is 10.5. The molecule has 2 aromatic heterocycles. The standard InChI is InChI=1S/C22H30N8O3S/c1-5-18-11-29(12-19(31)26-16-7-6-8-17(9-16)27-34(4,32)33)10-15(2)30(18)22-20-21(23-13-24-22)28(3)14-25-20/h6-9,13-15,18,27H,5,10-12H2,1-4H3,(H,26,31). The van der Waals surface area contributed by atoms with E-state index in [9.17, 15) is 13.2 Å². The Labute approximate surface area is 199 Å². The van der Waals surface area contributed by atoms with Crippen LogP contribution in [-0.2, 0) is 21.9 Å². The minimum absolute atomic E-state index is 0.119. The zero-order valence-electron chi connectivity index (χ0n) is 19.8. The second-order valence-electron chi connectivity index (χ2n) is 8.74. The zero-order chi connectivity index (χ0) is 24.5. The number of benzene rings is 1. The van der Waals surface area contributed by atoms with Gasteiger partial charge in [-0.3, -0.25) is 14.4 Å². The van der Waals surface area contributed by atoms with Gasteiger partial charge in [0.25, 0.3) is 0 Å². The molecule has 4 rings (SSSR count). The molecule has 1 amide bonds. The Morgan fingerprint density at radius 2 is 1.94 bits per heavy atom. The number of carbonyl (C=O) groups excluding carboxylic acids is 1. The number of sulfonamides is 1. The maximum absolute atomic E-state index is 12.8. The van der Waals surface area contributed by atoms with E-state index in [-0.39, 0.29) is 24.5 Å². The number of aryl methyl sites for hydroxylation is 1. The number of hydrogen-bond donors (Lipinski definition) is 2. The number of aromatic nitrogens is 4. The largest absolute Gasteiger partial charge is 0.346 e. The highest BCUT2D eigenvalue weighted by molar-refractivity contribution is 7.92. The molecule has 1 aliphatic heterocycles. The van der Waals surface area contributed by atoms with E-state index in [1.165, 1.54) is 0 Å². The van der Waals surface area contributed by atoms with Crippen molar-refractivity contribution in [2.45, 2.75) is 32.4 Å². The van der Waals surface area contributed by atoms with Gasteiger partial charge in [0.15, 0.2) is 17.0 Å². The van der Waals surface area contributed by atoms with Gasteiger partial charge in [-0.2, -0.15) is 0 Å². The van der Waals surface area contributed by atoms with Crippen molar-refractivity contribution < 1.29 is 13.2 Å². The number of nitrogens with one attached hydrogen (secondary N) is 2. The van der Waals surface area contributed by atoms with Crippen molar-refractivity contribution in [1.82, 2.24) is 24.4 Å². The summed E-state index contributed by atoms with van der Waals surface area (Å²) in [5.74, 6) is 0.672. The van der Waals surface area contributed by atoms with Crippen molar-refractivity contribution >= 4 is 44.3 Å². The summed E-state index contributed by atoms with van der Waals surface area (Å²) in [6.45, 7) is 5.90. The fraction of sp³-hybridized carbons (Fsp3) is 0.455. The number of rotatable bonds is 7. The lowest BCUT2D eigenvalue weighted by atomic mass is 10.0. The molecule has 2 atom stereocenters. The predicted molar refractivity (Wildman–Crippen MR) is 132 cm³/mol. The molecule has 0 saturated carbocycles. The molecule has 1 saturated heterocycles. The second kappa shape index (κ2) is 9.55. The number of fused-ring (bicyclic) bond motifs is 1. The van der Waals surface area contributed by atoms with Gasteiger partial charge in [-0.25, -0.2) is 23.4 Å². The number of nitrogens with zero attached hydrogens (tertiary/aromatic N) is 6. The van der Waals surface area contributed by atoms with Gasteiger partial charge >= 0.3 is 0 Å². The van der Waals surface area contributed by atoms with Crippen LogP contribution >= 0.6 is 0 Å². The monoisotopic (exact) mass is 486 g/mol. The zero-order valence-corrected chi connectivity index (χ0v) is 20.6. The van der Waals surface area contributed by atoms with Crippen molar-refractivity contribution in [2.24, 2.45) is 7.05 Å². The quantitative estimate of drug-likeness (QED) is 0.517. The molecule has 12 heteroatoms. The van der Waals surface area contributed by atoms with Gasteiger partial charge in [0.1, 0.15) is 6.33 Å². The van der Waals surface area contributed by atoms with Crippen LogP contribution in [0, 0.1) is 0 Å². The van der Waals surface area contributed by atoms with E-state index in [4.69, 9.17) is 0 Å². The van der Waals surface area contributed by atoms with Gasteiger partial charge < -0.3 is 14.8 Å². The fourth-order valence-electron chi connectivity index (χ4n) is 4.52. The molecule has 34 heavy (non-hydrogen) atoms. The average molecular weight is 487 g/mol. The van der Waals surface area contributed by atoms with Crippen molar-refractivity contribution in [3.63, 3.8) is 0 Å². The molecule has 182 valence electrons. The third kappa shape index (κ3) is 5.28. The Morgan fingerprint density at radius 3 is 2.68 bits per heavy atom. The fourth-order valence-corrected chi connectivity index (χ4v) is 5.07. The summed E-state index contributed by atoms with van der Waals surface area (Å²) < 4.78 is 27.2. The van der Waals surface area contributed by atoms with Crippen molar-refractivity contribution in [3.05, 3.63) is 36.9 Å². The minimum Gasteiger partial charge on any atom is -0.346 e. The first-order valence-corrected chi connectivity index (χ1v) is 13.0. The first-order valence-electron chi connectivity index (χ1n) is 11.1.